The Morgan fingerprint density at radius 3 is 2.68 bits per heavy atom. The fourth-order valence-electron chi connectivity index (χ4n) is 4.82. The smallest absolute Gasteiger partial charge is 0.244 e. The highest BCUT2D eigenvalue weighted by molar-refractivity contribution is 7.14. The number of amides is 2. The molecule has 4 rings (SSSR count). The van der Waals surface area contributed by atoms with Crippen molar-refractivity contribution in [1.82, 2.24) is 15.2 Å². The zero-order chi connectivity index (χ0) is 24.0. The van der Waals surface area contributed by atoms with Crippen LogP contribution in [0.3, 0.4) is 0 Å². The van der Waals surface area contributed by atoms with Gasteiger partial charge in [0.1, 0.15) is 5.82 Å². The number of morpholine rings is 1. The molecule has 0 radical (unpaired) electrons. The number of hydrogen-bond donors (Lipinski definition) is 1. The molecule has 2 heterocycles. The van der Waals surface area contributed by atoms with Crippen molar-refractivity contribution in [2.75, 3.05) is 37.7 Å². The molecule has 1 aromatic heterocycles. The van der Waals surface area contributed by atoms with E-state index in [1.54, 1.807) is 23.6 Å². The topological polar surface area (TPSA) is 74.8 Å². The number of ether oxygens (including phenoxy) is 1. The molecule has 7 nitrogen and oxygen atoms in total. The first-order valence-electron chi connectivity index (χ1n) is 11.8. The van der Waals surface area contributed by atoms with Crippen LogP contribution in [0.5, 0.6) is 0 Å². The fourth-order valence-corrected chi connectivity index (χ4v) is 5.67. The van der Waals surface area contributed by atoms with Crippen molar-refractivity contribution in [3.63, 3.8) is 0 Å². The van der Waals surface area contributed by atoms with Gasteiger partial charge in [0, 0.05) is 43.6 Å². The summed E-state index contributed by atoms with van der Waals surface area (Å²) in [4.78, 5) is 33.0. The summed E-state index contributed by atoms with van der Waals surface area (Å²) < 4.78 is 19.8. The molecular weight excluding hydrogens is 455 g/mol. The lowest BCUT2D eigenvalue weighted by Crippen LogP contribution is -2.59. The average Bonchev–Trinajstić information content (AvgIpc) is 3.32. The van der Waals surface area contributed by atoms with Crippen LogP contribution in [-0.4, -0.2) is 60.1 Å². The van der Waals surface area contributed by atoms with Crippen LogP contribution in [0.2, 0.25) is 0 Å². The van der Waals surface area contributed by atoms with E-state index in [0.717, 1.165) is 39.1 Å². The third-order valence-electron chi connectivity index (χ3n) is 6.57. The van der Waals surface area contributed by atoms with Gasteiger partial charge in [0.15, 0.2) is 5.13 Å². The number of rotatable bonds is 7. The zero-order valence-corrected chi connectivity index (χ0v) is 20.3. The van der Waals surface area contributed by atoms with Crippen molar-refractivity contribution >= 4 is 40.0 Å². The number of para-hydroxylation sites is 1. The normalized spacial score (nSPS) is 18.6. The van der Waals surface area contributed by atoms with Gasteiger partial charge < -0.3 is 10.1 Å². The van der Waals surface area contributed by atoms with E-state index in [2.05, 4.69) is 15.2 Å². The second-order valence-corrected chi connectivity index (χ2v) is 9.63. The third kappa shape index (κ3) is 5.71. The molecule has 1 aliphatic heterocycles. The maximum Gasteiger partial charge on any atom is 0.244 e. The van der Waals surface area contributed by atoms with Crippen LogP contribution in [-0.2, 0) is 14.3 Å². The Kier molecular flexibility index (Phi) is 8.07. The van der Waals surface area contributed by atoms with E-state index < -0.39 is 5.82 Å². The lowest BCUT2D eigenvalue weighted by atomic mass is 9.79. The minimum Gasteiger partial charge on any atom is -0.379 e. The van der Waals surface area contributed by atoms with E-state index in [1.165, 1.54) is 60.6 Å². The van der Waals surface area contributed by atoms with E-state index in [1.807, 2.05) is 0 Å². The molecule has 0 unspecified atom stereocenters. The molecule has 182 valence electrons. The highest BCUT2D eigenvalue weighted by Gasteiger charge is 2.38. The number of halogens is 1. The van der Waals surface area contributed by atoms with Gasteiger partial charge in [-0.25, -0.2) is 9.37 Å². The Labute approximate surface area is 203 Å². The maximum atomic E-state index is 14.3. The monoisotopic (exact) mass is 486 g/mol. The lowest BCUT2D eigenvalue weighted by molar-refractivity contribution is -0.118. The van der Waals surface area contributed by atoms with E-state index in [-0.39, 0.29) is 23.0 Å². The number of benzene rings is 1. The molecule has 9 heteroatoms. The van der Waals surface area contributed by atoms with Gasteiger partial charge >= 0.3 is 0 Å². The van der Waals surface area contributed by atoms with Crippen LogP contribution in [0.15, 0.2) is 35.7 Å². The molecule has 1 aliphatic carbocycles. The molecule has 1 N–H and O–H groups in total. The van der Waals surface area contributed by atoms with Gasteiger partial charge in [0.2, 0.25) is 11.8 Å². The molecule has 0 spiro atoms. The third-order valence-corrected chi connectivity index (χ3v) is 7.42. The number of aromatic nitrogens is 1. The van der Waals surface area contributed by atoms with Crippen LogP contribution in [0.25, 0.3) is 6.08 Å². The number of hydrogen-bond acceptors (Lipinski definition) is 6. The Morgan fingerprint density at radius 2 is 1.97 bits per heavy atom. The second kappa shape index (κ2) is 11.2. The number of carbonyl (C=O) groups excluding carboxylic acids is 2. The van der Waals surface area contributed by atoms with Crippen molar-refractivity contribution in [3.8, 4) is 0 Å². The Balaban J connectivity index is 1.40. The molecule has 2 aromatic rings. The Morgan fingerprint density at radius 1 is 1.24 bits per heavy atom. The molecule has 0 atom stereocenters. The van der Waals surface area contributed by atoms with Crippen molar-refractivity contribution in [2.45, 2.75) is 44.6 Å². The van der Waals surface area contributed by atoms with Gasteiger partial charge in [0.05, 0.1) is 24.6 Å². The number of carbonyl (C=O) groups is 2. The molecule has 2 amide bonds. The van der Waals surface area contributed by atoms with E-state index in [0.29, 0.717) is 17.4 Å². The predicted octanol–water partition coefficient (Wildman–Crippen LogP) is 4.13. The highest BCUT2D eigenvalue weighted by Crippen LogP contribution is 2.34. The van der Waals surface area contributed by atoms with Crippen molar-refractivity contribution in [1.29, 1.82) is 0 Å². The van der Waals surface area contributed by atoms with Gasteiger partial charge in [0.25, 0.3) is 0 Å². The quantitative estimate of drug-likeness (QED) is 0.596. The van der Waals surface area contributed by atoms with Gasteiger partial charge in [-0.1, -0.05) is 31.4 Å². The summed E-state index contributed by atoms with van der Waals surface area (Å²) in [6.07, 6.45) is 8.87. The summed E-state index contributed by atoms with van der Waals surface area (Å²) in [6.45, 7) is 5.28. The molecular formula is C25H31FN4O3S. The van der Waals surface area contributed by atoms with E-state index in [9.17, 15) is 14.0 Å². The number of anilines is 2. The highest BCUT2D eigenvalue weighted by atomic mass is 32.1. The second-order valence-electron chi connectivity index (χ2n) is 8.80. The number of nitrogens with zero attached hydrogens (tertiary/aromatic N) is 3. The summed E-state index contributed by atoms with van der Waals surface area (Å²) in [7, 11) is 0. The minimum absolute atomic E-state index is 0.00107. The van der Waals surface area contributed by atoms with E-state index >= 15 is 0 Å². The molecule has 2 aliphatic rings. The molecule has 0 bridgehead atoms. The van der Waals surface area contributed by atoms with E-state index in [4.69, 9.17) is 4.74 Å². The fraction of sp³-hybridized carbons (Fsp3) is 0.480. The van der Waals surface area contributed by atoms with Gasteiger partial charge in [-0.2, -0.15) is 0 Å². The first-order chi connectivity index (χ1) is 16.5. The largest absolute Gasteiger partial charge is 0.379 e. The van der Waals surface area contributed by atoms with Crippen LogP contribution in [0.4, 0.5) is 15.2 Å². The van der Waals surface area contributed by atoms with Crippen LogP contribution in [0, 0.1) is 5.82 Å². The average molecular weight is 487 g/mol. The molecule has 2 fully saturated rings. The Bertz CT molecular complexity index is 1030. The van der Waals surface area contributed by atoms with Crippen molar-refractivity contribution < 1.29 is 18.7 Å². The minimum atomic E-state index is -0.499. The summed E-state index contributed by atoms with van der Waals surface area (Å²) in [5.41, 5.74) is 0.693. The molecule has 1 saturated heterocycles. The van der Waals surface area contributed by atoms with Crippen LogP contribution < -0.4 is 10.2 Å². The summed E-state index contributed by atoms with van der Waals surface area (Å²) in [6, 6.07) is 6.09. The van der Waals surface area contributed by atoms with Crippen LogP contribution in [0.1, 0.15) is 44.7 Å². The molecule has 34 heavy (non-hydrogen) atoms. The van der Waals surface area contributed by atoms with Gasteiger partial charge in [-0.15, -0.1) is 11.3 Å². The standard InChI is InChI=1S/C25H31FN4O3S/c1-19(31)30(22-8-4-3-7-21(22)26)24-28-20(17-34-24)9-10-23(32)27-18-25(11-5-2-6-12-25)29-13-15-33-16-14-29/h3-4,7-10,17H,2,5-6,11-16,18H2,1H3,(H,27,32)/b10-9+. The predicted molar refractivity (Wildman–Crippen MR) is 132 cm³/mol. The maximum absolute atomic E-state index is 14.3. The molecule has 1 aromatic carbocycles. The van der Waals surface area contributed by atoms with Crippen LogP contribution >= 0.6 is 11.3 Å². The van der Waals surface area contributed by atoms with Gasteiger partial charge in [-0.05, 0) is 31.1 Å². The van der Waals surface area contributed by atoms with Crippen molar-refractivity contribution in [3.05, 3.63) is 47.2 Å². The summed E-state index contributed by atoms with van der Waals surface area (Å²) in [5.74, 6) is -1.01. The zero-order valence-electron chi connectivity index (χ0n) is 19.5. The van der Waals surface area contributed by atoms with Gasteiger partial charge in [-0.3, -0.25) is 19.4 Å². The number of thiazole rings is 1. The Hall–Kier alpha value is -2.62. The lowest BCUT2D eigenvalue weighted by Gasteiger charge is -2.48. The molecule has 1 saturated carbocycles. The number of nitrogens with one attached hydrogen (secondary N) is 1. The SMILES string of the molecule is CC(=O)N(c1nc(/C=C/C(=O)NCC2(N3CCOCC3)CCCCC2)cs1)c1ccccc1F. The summed E-state index contributed by atoms with van der Waals surface area (Å²) >= 11 is 1.22. The summed E-state index contributed by atoms with van der Waals surface area (Å²) in [5, 5.41) is 5.19. The van der Waals surface area contributed by atoms with Crippen molar-refractivity contribution in [2.24, 2.45) is 0 Å². The first kappa shape index (κ1) is 24.5. The first-order valence-corrected chi connectivity index (χ1v) is 12.7.